The zero-order valence-electron chi connectivity index (χ0n) is 11.6. The van der Waals surface area contributed by atoms with Gasteiger partial charge in [0.05, 0.1) is 10.6 Å². The van der Waals surface area contributed by atoms with Crippen molar-refractivity contribution in [2.45, 2.75) is 6.54 Å². The topological polar surface area (TPSA) is 107 Å². The second-order valence-corrected chi connectivity index (χ2v) is 5.57. The minimum atomic E-state index is -0.0304. The molecular weight excluding hydrogens is 341 g/mol. The van der Waals surface area contributed by atoms with Crippen LogP contribution in [0, 0.1) is 0 Å². The molecule has 0 atom stereocenters. The summed E-state index contributed by atoms with van der Waals surface area (Å²) in [6, 6.07) is 8.03. The Morgan fingerprint density at radius 2 is 1.96 bits per heavy atom. The molecule has 1 aromatic heterocycles. The third kappa shape index (κ3) is 3.30. The summed E-state index contributed by atoms with van der Waals surface area (Å²) in [5.74, 6) is 0.354. The molecule has 0 aliphatic carbocycles. The Hall–Kier alpha value is -2.51. The first kappa shape index (κ1) is 15.4. The monoisotopic (exact) mass is 351 g/mol. The number of hydrogen-bond acceptors (Lipinski definition) is 6. The second kappa shape index (κ2) is 6.31. The van der Waals surface area contributed by atoms with Crippen LogP contribution in [0.5, 0.6) is 11.5 Å². The Morgan fingerprint density at radius 1 is 1.13 bits per heavy atom. The summed E-state index contributed by atoms with van der Waals surface area (Å²) >= 11 is 11.8. The molecule has 7 nitrogen and oxygen atoms in total. The maximum Gasteiger partial charge on any atom is 0.183 e. The summed E-state index contributed by atoms with van der Waals surface area (Å²) in [6.45, 7) is 0.286. The van der Waals surface area contributed by atoms with Gasteiger partial charge in [-0.25, -0.2) is 5.10 Å². The largest absolute Gasteiger partial charge is 0.507 e. The molecule has 0 saturated carbocycles. The van der Waals surface area contributed by atoms with E-state index < -0.39 is 0 Å². The van der Waals surface area contributed by atoms with Crippen LogP contribution in [0.3, 0.4) is 0 Å². The predicted octanol–water partition coefficient (Wildman–Crippen LogP) is 3.20. The summed E-state index contributed by atoms with van der Waals surface area (Å²) in [6.07, 6.45) is 0. The number of H-pyrrole nitrogens is 1. The fourth-order valence-corrected chi connectivity index (χ4v) is 2.60. The Kier molecular flexibility index (Phi) is 4.22. The van der Waals surface area contributed by atoms with Crippen molar-refractivity contribution in [2.75, 3.05) is 5.32 Å². The van der Waals surface area contributed by atoms with Gasteiger partial charge in [0.25, 0.3) is 0 Å². The van der Waals surface area contributed by atoms with Crippen LogP contribution in [0.1, 0.15) is 5.56 Å². The molecule has 0 spiro atoms. The number of aromatic amines is 1. The van der Waals surface area contributed by atoms with E-state index in [9.17, 15) is 10.2 Å². The molecule has 0 unspecified atom stereocenters. The molecule has 0 aliphatic rings. The van der Waals surface area contributed by atoms with Crippen molar-refractivity contribution in [3.63, 3.8) is 0 Å². The van der Waals surface area contributed by atoms with E-state index >= 15 is 0 Å². The van der Waals surface area contributed by atoms with Gasteiger partial charge in [-0.3, -0.25) is 0 Å². The van der Waals surface area contributed by atoms with E-state index in [-0.39, 0.29) is 23.1 Å². The van der Waals surface area contributed by atoms with Crippen molar-refractivity contribution in [1.29, 1.82) is 0 Å². The van der Waals surface area contributed by atoms with Crippen molar-refractivity contribution in [1.82, 2.24) is 20.6 Å². The molecule has 0 bridgehead atoms. The first-order valence-corrected chi connectivity index (χ1v) is 7.28. The third-order valence-corrected chi connectivity index (χ3v) is 3.69. The molecule has 118 valence electrons. The molecule has 9 heteroatoms. The number of aromatic hydroxyl groups is 2. The Balaban J connectivity index is 1.78. The van der Waals surface area contributed by atoms with Gasteiger partial charge in [0, 0.05) is 28.9 Å². The van der Waals surface area contributed by atoms with Gasteiger partial charge in [0.1, 0.15) is 11.5 Å². The lowest BCUT2D eigenvalue weighted by Gasteiger charge is -2.11. The summed E-state index contributed by atoms with van der Waals surface area (Å²) in [5.41, 5.74) is 1.67. The van der Waals surface area contributed by atoms with Gasteiger partial charge in [-0.05, 0) is 34.7 Å². The maximum absolute atomic E-state index is 10.1. The number of tetrazole rings is 1. The van der Waals surface area contributed by atoms with Gasteiger partial charge in [0.15, 0.2) is 5.82 Å². The van der Waals surface area contributed by atoms with E-state index in [1.807, 2.05) is 0 Å². The molecule has 23 heavy (non-hydrogen) atoms. The lowest BCUT2D eigenvalue weighted by atomic mass is 10.1. The number of nitrogens with one attached hydrogen (secondary N) is 2. The molecular formula is C14H11Cl2N5O2. The first-order chi connectivity index (χ1) is 11.0. The van der Waals surface area contributed by atoms with Gasteiger partial charge in [-0.15, -0.1) is 5.10 Å². The van der Waals surface area contributed by atoms with Crippen LogP contribution in [-0.4, -0.2) is 30.8 Å². The van der Waals surface area contributed by atoms with Crippen molar-refractivity contribution in [3.8, 4) is 22.9 Å². The van der Waals surface area contributed by atoms with Crippen molar-refractivity contribution in [3.05, 3.63) is 45.9 Å². The lowest BCUT2D eigenvalue weighted by Crippen LogP contribution is -2.00. The maximum atomic E-state index is 10.1. The molecule has 3 rings (SSSR count). The molecule has 1 heterocycles. The molecule has 0 saturated heterocycles. The second-order valence-electron chi connectivity index (χ2n) is 4.73. The molecule has 0 fully saturated rings. The molecule has 0 aliphatic heterocycles. The van der Waals surface area contributed by atoms with Crippen molar-refractivity contribution in [2.24, 2.45) is 0 Å². The fraction of sp³-hybridized carbons (Fsp3) is 0.0714. The number of nitrogens with zero attached hydrogens (tertiary/aromatic N) is 3. The summed E-state index contributed by atoms with van der Waals surface area (Å²) in [5, 5.41) is 36.9. The number of phenolic OH excluding ortho intramolecular Hbond substituents is 2. The SMILES string of the molecule is Oc1cc(NCc2cc(Cl)cc(Cl)c2O)ccc1-c1nnn[nH]1. The first-order valence-electron chi connectivity index (χ1n) is 6.52. The number of benzene rings is 2. The van der Waals surface area contributed by atoms with E-state index in [4.69, 9.17) is 23.2 Å². The van der Waals surface area contributed by atoms with Crippen molar-refractivity contribution < 1.29 is 10.2 Å². The van der Waals surface area contributed by atoms with E-state index in [1.165, 1.54) is 12.1 Å². The minimum absolute atomic E-state index is 0.0156. The number of halogens is 2. The molecule has 0 radical (unpaired) electrons. The average Bonchev–Trinajstić information content (AvgIpc) is 3.03. The highest BCUT2D eigenvalue weighted by atomic mass is 35.5. The van der Waals surface area contributed by atoms with Crippen LogP contribution < -0.4 is 5.32 Å². The summed E-state index contributed by atoms with van der Waals surface area (Å²) < 4.78 is 0. The molecule has 4 N–H and O–H groups in total. The number of rotatable bonds is 4. The highest BCUT2D eigenvalue weighted by Crippen LogP contribution is 2.32. The van der Waals surface area contributed by atoms with Gasteiger partial charge in [-0.1, -0.05) is 23.2 Å². The van der Waals surface area contributed by atoms with E-state index in [2.05, 4.69) is 25.9 Å². The summed E-state index contributed by atoms with van der Waals surface area (Å²) in [7, 11) is 0. The smallest absolute Gasteiger partial charge is 0.183 e. The fourth-order valence-electron chi connectivity index (χ4n) is 2.07. The highest BCUT2D eigenvalue weighted by Gasteiger charge is 2.10. The van der Waals surface area contributed by atoms with Crippen molar-refractivity contribution >= 4 is 28.9 Å². The Labute approximate surface area is 140 Å². The Bertz CT molecular complexity index is 839. The lowest BCUT2D eigenvalue weighted by molar-refractivity contribution is 0.469. The van der Waals surface area contributed by atoms with E-state index in [1.54, 1.807) is 18.2 Å². The van der Waals surface area contributed by atoms with Crippen LogP contribution in [0.25, 0.3) is 11.4 Å². The zero-order chi connectivity index (χ0) is 16.4. The molecule has 0 amide bonds. The average molecular weight is 352 g/mol. The highest BCUT2D eigenvalue weighted by molar-refractivity contribution is 6.35. The van der Waals surface area contributed by atoms with Crippen LogP contribution in [0.4, 0.5) is 5.69 Å². The van der Waals surface area contributed by atoms with Gasteiger partial charge < -0.3 is 15.5 Å². The zero-order valence-corrected chi connectivity index (χ0v) is 13.1. The number of phenols is 2. The number of hydrogen-bond donors (Lipinski definition) is 4. The normalized spacial score (nSPS) is 10.7. The van der Waals surface area contributed by atoms with Crippen LogP contribution >= 0.6 is 23.2 Å². The molecule has 3 aromatic rings. The quantitative estimate of drug-likeness (QED) is 0.574. The van der Waals surface area contributed by atoms with Gasteiger partial charge in [0.2, 0.25) is 0 Å². The van der Waals surface area contributed by atoms with Crippen LogP contribution in [0.15, 0.2) is 30.3 Å². The summed E-state index contributed by atoms with van der Waals surface area (Å²) in [4.78, 5) is 0. The van der Waals surface area contributed by atoms with E-state index in [0.29, 0.717) is 27.7 Å². The molecule has 2 aromatic carbocycles. The standard InChI is InChI=1S/C14H11Cl2N5O2/c15-8-3-7(13(23)11(16)4-8)6-17-9-1-2-10(12(22)5-9)14-18-20-21-19-14/h1-5,17,22-23H,6H2,(H,18,19,20,21). The van der Waals surface area contributed by atoms with Gasteiger partial charge >= 0.3 is 0 Å². The number of aromatic nitrogens is 4. The third-order valence-electron chi connectivity index (χ3n) is 3.19. The van der Waals surface area contributed by atoms with Crippen LogP contribution in [0.2, 0.25) is 10.0 Å². The number of anilines is 1. The van der Waals surface area contributed by atoms with Crippen LogP contribution in [-0.2, 0) is 6.54 Å². The Morgan fingerprint density at radius 3 is 2.65 bits per heavy atom. The predicted molar refractivity (Wildman–Crippen MR) is 86.7 cm³/mol. The van der Waals surface area contributed by atoms with E-state index in [0.717, 1.165) is 0 Å². The van der Waals surface area contributed by atoms with Gasteiger partial charge in [-0.2, -0.15) is 0 Å². The minimum Gasteiger partial charge on any atom is -0.507 e.